The van der Waals surface area contributed by atoms with Crippen LogP contribution in [-0.2, 0) is 19.4 Å². The van der Waals surface area contributed by atoms with Crippen molar-refractivity contribution in [3.63, 3.8) is 0 Å². The predicted molar refractivity (Wildman–Crippen MR) is 131 cm³/mol. The van der Waals surface area contributed by atoms with Crippen LogP contribution in [0.4, 0.5) is 0 Å². The molecule has 1 unspecified atom stereocenters. The average Bonchev–Trinajstić information content (AvgIpc) is 2.85. The zero-order chi connectivity index (χ0) is 22.2. The molecule has 0 amide bonds. The molecule has 4 rings (SSSR count). The van der Waals surface area contributed by atoms with Crippen molar-refractivity contribution in [2.24, 2.45) is 0 Å². The van der Waals surface area contributed by atoms with E-state index >= 15 is 0 Å². The SMILES string of the molecule is COc1ccc2ncc(CO)c(CCCC3CCCCN3CCCc3ccccc3)c2c1. The lowest BCUT2D eigenvalue weighted by Crippen LogP contribution is -2.40. The lowest BCUT2D eigenvalue weighted by atomic mass is 9.93. The number of rotatable bonds is 10. The molecule has 170 valence electrons. The summed E-state index contributed by atoms with van der Waals surface area (Å²) in [5, 5.41) is 11.0. The van der Waals surface area contributed by atoms with E-state index in [1.807, 2.05) is 18.3 Å². The monoisotopic (exact) mass is 432 g/mol. The fourth-order valence-electron chi connectivity index (χ4n) is 5.15. The minimum atomic E-state index is 0.0323. The summed E-state index contributed by atoms with van der Waals surface area (Å²) in [6.07, 6.45) is 11.5. The first-order chi connectivity index (χ1) is 15.8. The van der Waals surface area contributed by atoms with Crippen LogP contribution >= 0.6 is 0 Å². The second-order valence-electron chi connectivity index (χ2n) is 8.97. The largest absolute Gasteiger partial charge is 0.497 e. The lowest BCUT2D eigenvalue weighted by molar-refractivity contribution is 0.137. The minimum absolute atomic E-state index is 0.0323. The number of fused-ring (bicyclic) bond motifs is 1. The first-order valence-electron chi connectivity index (χ1n) is 12.1. The Bertz CT molecular complexity index is 984. The summed E-state index contributed by atoms with van der Waals surface area (Å²) in [7, 11) is 1.69. The first-order valence-corrected chi connectivity index (χ1v) is 12.1. The summed E-state index contributed by atoms with van der Waals surface area (Å²) in [6.45, 7) is 2.46. The van der Waals surface area contributed by atoms with Gasteiger partial charge in [0.1, 0.15) is 5.75 Å². The van der Waals surface area contributed by atoms with Gasteiger partial charge >= 0.3 is 0 Å². The van der Waals surface area contributed by atoms with Crippen LogP contribution in [-0.4, -0.2) is 41.2 Å². The number of aliphatic hydroxyl groups is 1. The Morgan fingerprint density at radius 2 is 1.94 bits per heavy atom. The Morgan fingerprint density at radius 1 is 1.06 bits per heavy atom. The van der Waals surface area contributed by atoms with E-state index in [0.29, 0.717) is 6.04 Å². The Hall–Kier alpha value is -2.43. The minimum Gasteiger partial charge on any atom is -0.497 e. The van der Waals surface area contributed by atoms with Crippen LogP contribution in [0.5, 0.6) is 5.75 Å². The van der Waals surface area contributed by atoms with Crippen LogP contribution in [0.3, 0.4) is 0 Å². The number of hydrogen-bond acceptors (Lipinski definition) is 4. The highest BCUT2D eigenvalue weighted by molar-refractivity contribution is 5.84. The number of pyridine rings is 1. The van der Waals surface area contributed by atoms with E-state index in [0.717, 1.165) is 41.5 Å². The summed E-state index contributed by atoms with van der Waals surface area (Å²) in [6, 6.07) is 17.5. The number of ether oxygens (including phenoxy) is 1. The molecule has 4 nitrogen and oxygen atoms in total. The van der Waals surface area contributed by atoms with Gasteiger partial charge in [0.15, 0.2) is 0 Å². The van der Waals surface area contributed by atoms with E-state index in [-0.39, 0.29) is 6.61 Å². The van der Waals surface area contributed by atoms with E-state index in [1.54, 1.807) is 7.11 Å². The molecule has 1 N–H and O–H groups in total. The van der Waals surface area contributed by atoms with Gasteiger partial charge in [-0.05, 0) is 92.9 Å². The van der Waals surface area contributed by atoms with Crippen LogP contribution in [0.2, 0.25) is 0 Å². The molecule has 0 spiro atoms. The number of piperidine rings is 1. The maximum absolute atomic E-state index is 9.91. The van der Waals surface area contributed by atoms with Crippen molar-refractivity contribution in [3.05, 3.63) is 71.4 Å². The first kappa shape index (κ1) is 22.8. The number of aromatic nitrogens is 1. The van der Waals surface area contributed by atoms with Crippen molar-refractivity contribution in [2.45, 2.75) is 64.0 Å². The fraction of sp³-hybridized carbons (Fsp3) is 0.464. The molecular formula is C28H36N2O2. The number of hydrogen-bond donors (Lipinski definition) is 1. The lowest BCUT2D eigenvalue weighted by Gasteiger charge is -2.36. The van der Waals surface area contributed by atoms with Gasteiger partial charge in [0.25, 0.3) is 0 Å². The molecule has 32 heavy (non-hydrogen) atoms. The molecule has 0 aliphatic carbocycles. The van der Waals surface area contributed by atoms with Crippen molar-refractivity contribution in [1.29, 1.82) is 0 Å². The van der Waals surface area contributed by atoms with Gasteiger partial charge in [-0.3, -0.25) is 4.98 Å². The van der Waals surface area contributed by atoms with Crippen molar-refractivity contribution in [3.8, 4) is 5.75 Å². The highest BCUT2D eigenvalue weighted by atomic mass is 16.5. The van der Waals surface area contributed by atoms with Gasteiger partial charge < -0.3 is 14.7 Å². The standard InChI is InChI=1S/C28H36N2O2/c1-32-25-15-16-28-27(19-25)26(23(21-31)20-29-28)14-7-13-24-12-5-6-17-30(24)18-8-11-22-9-3-2-4-10-22/h2-4,9-10,15-16,19-20,24,31H,5-8,11-14,17-18,21H2,1H3. The molecule has 3 aromatic rings. The highest BCUT2D eigenvalue weighted by Crippen LogP contribution is 2.28. The Labute approximate surface area is 192 Å². The Kier molecular flexibility index (Phi) is 8.13. The van der Waals surface area contributed by atoms with Crippen molar-refractivity contribution in [1.82, 2.24) is 9.88 Å². The number of likely N-dealkylation sites (tertiary alicyclic amines) is 1. The molecule has 2 heterocycles. The zero-order valence-electron chi connectivity index (χ0n) is 19.3. The summed E-state index contributed by atoms with van der Waals surface area (Å²) in [5.41, 5.74) is 4.58. The number of benzene rings is 2. The third-order valence-electron chi connectivity index (χ3n) is 6.91. The molecule has 1 atom stereocenters. The van der Waals surface area contributed by atoms with Gasteiger partial charge in [-0.2, -0.15) is 0 Å². The van der Waals surface area contributed by atoms with Crippen LogP contribution in [0.1, 0.15) is 55.2 Å². The molecule has 0 saturated carbocycles. The zero-order valence-corrected chi connectivity index (χ0v) is 19.3. The number of nitrogens with zero attached hydrogens (tertiary/aromatic N) is 2. The summed E-state index contributed by atoms with van der Waals surface area (Å²) < 4.78 is 5.44. The predicted octanol–water partition coefficient (Wildman–Crippen LogP) is 5.55. The Balaban J connectivity index is 1.37. The highest BCUT2D eigenvalue weighted by Gasteiger charge is 2.22. The van der Waals surface area contributed by atoms with Crippen LogP contribution in [0, 0.1) is 0 Å². The number of aliphatic hydroxyl groups excluding tert-OH is 1. The average molecular weight is 433 g/mol. The molecule has 1 aromatic heterocycles. The van der Waals surface area contributed by atoms with Gasteiger partial charge in [-0.25, -0.2) is 0 Å². The summed E-state index contributed by atoms with van der Waals surface area (Å²) in [4.78, 5) is 7.26. The van der Waals surface area contributed by atoms with Gasteiger partial charge in [0.05, 0.1) is 19.2 Å². The van der Waals surface area contributed by atoms with Gasteiger partial charge in [0, 0.05) is 17.6 Å². The molecule has 1 saturated heterocycles. The molecule has 1 fully saturated rings. The van der Waals surface area contributed by atoms with E-state index < -0.39 is 0 Å². The molecule has 0 bridgehead atoms. The second-order valence-corrected chi connectivity index (χ2v) is 8.97. The number of aryl methyl sites for hydroxylation is 2. The topological polar surface area (TPSA) is 45.6 Å². The van der Waals surface area contributed by atoms with Crippen molar-refractivity contribution >= 4 is 10.9 Å². The van der Waals surface area contributed by atoms with Crippen LogP contribution < -0.4 is 4.74 Å². The smallest absolute Gasteiger partial charge is 0.119 e. The van der Waals surface area contributed by atoms with E-state index in [4.69, 9.17) is 4.74 Å². The Morgan fingerprint density at radius 3 is 2.75 bits per heavy atom. The molecule has 1 aliphatic rings. The van der Waals surface area contributed by atoms with Crippen LogP contribution in [0.15, 0.2) is 54.7 Å². The molecule has 0 radical (unpaired) electrons. The molecular weight excluding hydrogens is 396 g/mol. The van der Waals surface area contributed by atoms with E-state index in [9.17, 15) is 5.11 Å². The molecule has 4 heteroatoms. The molecule has 2 aromatic carbocycles. The quantitative estimate of drug-likeness (QED) is 0.456. The van der Waals surface area contributed by atoms with Crippen molar-refractivity contribution < 1.29 is 9.84 Å². The normalized spacial score (nSPS) is 17.0. The fourth-order valence-corrected chi connectivity index (χ4v) is 5.15. The van der Waals surface area contributed by atoms with Gasteiger partial charge in [-0.1, -0.05) is 36.8 Å². The third-order valence-corrected chi connectivity index (χ3v) is 6.91. The third kappa shape index (κ3) is 5.67. The van der Waals surface area contributed by atoms with Crippen LogP contribution in [0.25, 0.3) is 10.9 Å². The van der Waals surface area contributed by atoms with E-state index in [1.165, 1.54) is 56.3 Å². The maximum atomic E-state index is 9.91. The second kappa shape index (κ2) is 11.4. The van der Waals surface area contributed by atoms with E-state index in [2.05, 4.69) is 46.3 Å². The summed E-state index contributed by atoms with van der Waals surface area (Å²) in [5.74, 6) is 0.840. The maximum Gasteiger partial charge on any atom is 0.119 e. The van der Waals surface area contributed by atoms with Crippen molar-refractivity contribution in [2.75, 3.05) is 20.2 Å². The summed E-state index contributed by atoms with van der Waals surface area (Å²) >= 11 is 0. The number of methoxy groups -OCH3 is 1. The van der Waals surface area contributed by atoms with Gasteiger partial charge in [0.2, 0.25) is 0 Å². The molecule has 1 aliphatic heterocycles. The van der Waals surface area contributed by atoms with Gasteiger partial charge in [-0.15, -0.1) is 0 Å².